The van der Waals surface area contributed by atoms with E-state index in [1.165, 1.54) is 0 Å². The fraction of sp³-hybridized carbons (Fsp3) is 0.360. The molecule has 2 heterocycles. The second-order valence-corrected chi connectivity index (χ2v) is 8.07. The van der Waals surface area contributed by atoms with Crippen LogP contribution in [0.15, 0.2) is 54.6 Å². The molecule has 0 spiro atoms. The van der Waals surface area contributed by atoms with Gasteiger partial charge >= 0.3 is 0 Å². The van der Waals surface area contributed by atoms with E-state index in [0.717, 1.165) is 5.56 Å². The Morgan fingerprint density at radius 2 is 1.88 bits per heavy atom. The van der Waals surface area contributed by atoms with Crippen LogP contribution >= 0.6 is 0 Å². The molecule has 0 aromatic heterocycles. The van der Waals surface area contributed by atoms with Gasteiger partial charge in [0.05, 0.1) is 0 Å². The van der Waals surface area contributed by atoms with Crippen LogP contribution in [0.4, 0.5) is 0 Å². The van der Waals surface area contributed by atoms with Crippen molar-refractivity contribution >= 4 is 17.9 Å². The molecule has 0 aliphatic carbocycles. The lowest BCUT2D eigenvalue weighted by molar-refractivity contribution is -0.132. The Labute approximate surface area is 192 Å². The van der Waals surface area contributed by atoms with Crippen molar-refractivity contribution in [2.45, 2.75) is 18.9 Å². The quantitative estimate of drug-likeness (QED) is 0.596. The number of hydrogen-bond acceptors (Lipinski definition) is 6. The highest BCUT2D eigenvalue weighted by atomic mass is 16.7. The van der Waals surface area contributed by atoms with Crippen molar-refractivity contribution in [3.05, 3.63) is 60.2 Å². The number of nitrogens with one attached hydrogen (secondary N) is 1. The first-order chi connectivity index (χ1) is 16.1. The maximum atomic E-state index is 12.5. The lowest BCUT2D eigenvalue weighted by Gasteiger charge is -2.30. The third-order valence-corrected chi connectivity index (χ3v) is 5.69. The number of nitrogens with zero attached hydrogens (tertiary/aromatic N) is 1. The van der Waals surface area contributed by atoms with Crippen LogP contribution in [0.5, 0.6) is 17.2 Å². The van der Waals surface area contributed by atoms with Crippen molar-refractivity contribution in [3.63, 3.8) is 0 Å². The second-order valence-electron chi connectivity index (χ2n) is 8.07. The lowest BCUT2D eigenvalue weighted by atomic mass is 9.95. The number of hydrogen-bond donors (Lipinski definition) is 2. The summed E-state index contributed by atoms with van der Waals surface area (Å²) in [7, 11) is 0. The summed E-state index contributed by atoms with van der Waals surface area (Å²) in [5, 5.41) is 13.0. The van der Waals surface area contributed by atoms with Gasteiger partial charge in [0.2, 0.25) is 18.6 Å². The van der Waals surface area contributed by atoms with Gasteiger partial charge in [0.25, 0.3) is 0 Å². The highest BCUT2D eigenvalue weighted by molar-refractivity contribution is 5.92. The Kier molecular flexibility index (Phi) is 7.47. The molecular formula is C25H28N2O6. The topological polar surface area (TPSA) is 97.3 Å². The number of fused-ring (bicyclic) bond motifs is 1. The summed E-state index contributed by atoms with van der Waals surface area (Å²) < 4.78 is 16.1. The van der Waals surface area contributed by atoms with Gasteiger partial charge in [-0.3, -0.25) is 9.59 Å². The Balaban J connectivity index is 1.15. The standard InChI is InChI=1S/C25H28N2O6/c28-20(16-31-21-7-8-22-23(14-21)33-17-32-22)15-26-25(30)19-10-12-27(13-11-19)24(29)9-6-18-4-2-1-3-5-18/h1-9,14,19-20,28H,10-13,15-17H2,(H,26,30)/b9-6+. The van der Waals surface area contributed by atoms with Crippen molar-refractivity contribution in [1.82, 2.24) is 10.2 Å². The SMILES string of the molecule is O=C(NCC(O)COc1ccc2c(c1)OCO2)C1CCN(C(=O)/C=C/c2ccccc2)CC1. The molecule has 0 saturated carbocycles. The fourth-order valence-corrected chi connectivity index (χ4v) is 3.78. The zero-order chi connectivity index (χ0) is 23.0. The first-order valence-electron chi connectivity index (χ1n) is 11.1. The summed E-state index contributed by atoms with van der Waals surface area (Å²) in [5.41, 5.74) is 0.973. The molecule has 2 N–H and O–H groups in total. The van der Waals surface area contributed by atoms with Crippen LogP contribution in [-0.4, -0.2) is 61.0 Å². The molecule has 1 saturated heterocycles. The summed E-state index contributed by atoms with van der Waals surface area (Å²) >= 11 is 0. The van der Waals surface area contributed by atoms with Crippen LogP contribution in [0.25, 0.3) is 6.08 Å². The predicted octanol–water partition coefficient (Wildman–Crippen LogP) is 2.22. The third-order valence-electron chi connectivity index (χ3n) is 5.69. The third kappa shape index (κ3) is 6.26. The number of amides is 2. The van der Waals surface area contributed by atoms with E-state index >= 15 is 0 Å². The average Bonchev–Trinajstić information content (AvgIpc) is 3.33. The van der Waals surface area contributed by atoms with Gasteiger partial charge in [0, 0.05) is 37.7 Å². The molecule has 1 unspecified atom stereocenters. The Morgan fingerprint density at radius 1 is 1.12 bits per heavy atom. The normalized spacial score (nSPS) is 16.6. The van der Waals surface area contributed by atoms with Gasteiger partial charge in [-0.25, -0.2) is 0 Å². The van der Waals surface area contributed by atoms with E-state index in [-0.39, 0.29) is 37.7 Å². The summed E-state index contributed by atoms with van der Waals surface area (Å²) in [6.45, 7) is 1.39. The molecule has 0 bridgehead atoms. The summed E-state index contributed by atoms with van der Waals surface area (Å²) in [4.78, 5) is 26.6. The molecule has 4 rings (SSSR count). The molecule has 1 fully saturated rings. The number of rotatable bonds is 8. The molecule has 8 nitrogen and oxygen atoms in total. The van der Waals surface area contributed by atoms with Gasteiger partial charge in [-0.15, -0.1) is 0 Å². The van der Waals surface area contributed by atoms with Gasteiger partial charge in [0.1, 0.15) is 18.5 Å². The van der Waals surface area contributed by atoms with E-state index < -0.39 is 6.10 Å². The van der Waals surface area contributed by atoms with Crippen LogP contribution < -0.4 is 19.5 Å². The molecule has 2 aliphatic rings. The highest BCUT2D eigenvalue weighted by Crippen LogP contribution is 2.35. The maximum absolute atomic E-state index is 12.5. The van der Waals surface area contributed by atoms with Gasteiger partial charge in [-0.05, 0) is 36.6 Å². The molecule has 0 radical (unpaired) electrons. The van der Waals surface area contributed by atoms with Crippen molar-refractivity contribution in [3.8, 4) is 17.2 Å². The van der Waals surface area contributed by atoms with Crippen LogP contribution in [0, 0.1) is 5.92 Å². The van der Waals surface area contributed by atoms with Gasteiger partial charge in [-0.1, -0.05) is 30.3 Å². The predicted molar refractivity (Wildman–Crippen MR) is 122 cm³/mol. The molecule has 2 aliphatic heterocycles. The molecule has 2 amide bonds. The van der Waals surface area contributed by atoms with E-state index in [1.54, 1.807) is 35.3 Å². The Hall–Kier alpha value is -3.52. The monoisotopic (exact) mass is 452 g/mol. The molecular weight excluding hydrogens is 424 g/mol. The van der Waals surface area contributed by atoms with Crippen molar-refractivity contribution in [2.24, 2.45) is 5.92 Å². The first-order valence-corrected chi connectivity index (χ1v) is 11.1. The van der Waals surface area contributed by atoms with Gasteiger partial charge in [0.15, 0.2) is 11.5 Å². The number of benzene rings is 2. The molecule has 2 aromatic rings. The van der Waals surface area contributed by atoms with Crippen LogP contribution in [0.3, 0.4) is 0 Å². The van der Waals surface area contributed by atoms with Crippen LogP contribution in [0.1, 0.15) is 18.4 Å². The summed E-state index contributed by atoms with van der Waals surface area (Å²) in [5.74, 6) is 1.50. The minimum Gasteiger partial charge on any atom is -0.491 e. The molecule has 33 heavy (non-hydrogen) atoms. The maximum Gasteiger partial charge on any atom is 0.246 e. The van der Waals surface area contributed by atoms with E-state index in [4.69, 9.17) is 14.2 Å². The zero-order valence-electron chi connectivity index (χ0n) is 18.3. The molecule has 174 valence electrons. The molecule has 8 heteroatoms. The number of ether oxygens (including phenoxy) is 3. The molecule has 2 aromatic carbocycles. The largest absolute Gasteiger partial charge is 0.491 e. The van der Waals surface area contributed by atoms with E-state index in [9.17, 15) is 14.7 Å². The van der Waals surface area contributed by atoms with Crippen molar-refractivity contribution in [2.75, 3.05) is 33.0 Å². The van der Waals surface area contributed by atoms with E-state index in [0.29, 0.717) is 43.2 Å². The Bertz CT molecular complexity index is 986. The fourth-order valence-electron chi connectivity index (χ4n) is 3.78. The summed E-state index contributed by atoms with van der Waals surface area (Å²) in [6.07, 6.45) is 3.73. The first kappa shape index (κ1) is 22.7. The molecule has 1 atom stereocenters. The van der Waals surface area contributed by atoms with Crippen molar-refractivity contribution < 1.29 is 28.9 Å². The minimum atomic E-state index is -0.843. The number of piperidine rings is 1. The smallest absolute Gasteiger partial charge is 0.246 e. The Morgan fingerprint density at radius 3 is 2.67 bits per heavy atom. The zero-order valence-corrected chi connectivity index (χ0v) is 18.3. The number of likely N-dealkylation sites (tertiary alicyclic amines) is 1. The average molecular weight is 453 g/mol. The minimum absolute atomic E-state index is 0.0423. The lowest BCUT2D eigenvalue weighted by Crippen LogP contribution is -2.44. The number of aliphatic hydroxyl groups is 1. The van der Waals surface area contributed by atoms with Gasteiger partial charge < -0.3 is 29.5 Å². The second kappa shape index (κ2) is 10.9. The van der Waals surface area contributed by atoms with Crippen LogP contribution in [-0.2, 0) is 9.59 Å². The number of aliphatic hydroxyl groups excluding tert-OH is 1. The number of carbonyl (C=O) groups is 2. The van der Waals surface area contributed by atoms with Gasteiger partial charge in [-0.2, -0.15) is 0 Å². The van der Waals surface area contributed by atoms with Crippen molar-refractivity contribution in [1.29, 1.82) is 0 Å². The van der Waals surface area contributed by atoms with Crippen LogP contribution in [0.2, 0.25) is 0 Å². The van der Waals surface area contributed by atoms with E-state index in [2.05, 4.69) is 5.32 Å². The van der Waals surface area contributed by atoms with E-state index in [1.807, 2.05) is 30.3 Å². The summed E-state index contributed by atoms with van der Waals surface area (Å²) in [6, 6.07) is 14.9. The highest BCUT2D eigenvalue weighted by Gasteiger charge is 2.26. The number of carbonyl (C=O) groups excluding carboxylic acids is 2.